The summed E-state index contributed by atoms with van der Waals surface area (Å²) in [5, 5.41) is 11.5. The third-order valence-electron chi connectivity index (χ3n) is 9.44. The van der Waals surface area contributed by atoms with Gasteiger partial charge in [-0.1, -0.05) is 71.0 Å². The van der Waals surface area contributed by atoms with Gasteiger partial charge in [0.05, 0.1) is 34.5 Å². The van der Waals surface area contributed by atoms with Gasteiger partial charge in [-0.25, -0.2) is 14.8 Å². The zero-order valence-corrected chi connectivity index (χ0v) is 30.3. The molecule has 2 N–H and O–H groups in total. The highest BCUT2D eigenvalue weighted by atomic mass is 16.5. The fourth-order valence-corrected chi connectivity index (χ4v) is 6.87. The quantitative estimate of drug-likeness (QED) is 0.160. The summed E-state index contributed by atoms with van der Waals surface area (Å²) < 4.78 is 14.5. The molecule has 6 heterocycles. The largest absolute Gasteiger partial charge is 0.361 e. The van der Waals surface area contributed by atoms with Crippen molar-refractivity contribution in [2.24, 2.45) is 0 Å². The minimum atomic E-state index is -0.172. The van der Waals surface area contributed by atoms with Crippen LogP contribution in [0.1, 0.15) is 66.9 Å². The van der Waals surface area contributed by atoms with Crippen LogP contribution in [0.2, 0.25) is 0 Å². The predicted molar refractivity (Wildman–Crippen MR) is 202 cm³/mol. The number of nitrogens with one attached hydrogen (secondary N) is 2. The van der Waals surface area contributed by atoms with E-state index in [1.54, 1.807) is 10.8 Å². The van der Waals surface area contributed by atoms with Gasteiger partial charge in [0.15, 0.2) is 11.3 Å². The highest BCUT2D eigenvalue weighted by Crippen LogP contribution is 2.33. The average Bonchev–Trinajstić information content (AvgIpc) is 3.89. The third-order valence-corrected chi connectivity index (χ3v) is 9.44. The van der Waals surface area contributed by atoms with E-state index >= 15 is 0 Å². The van der Waals surface area contributed by atoms with E-state index < -0.39 is 0 Å². The van der Waals surface area contributed by atoms with Gasteiger partial charge in [-0.05, 0) is 71.7 Å². The second-order valence-electron chi connectivity index (χ2n) is 12.9. The molecule has 0 radical (unpaired) electrons. The number of fused-ring (bicyclic) bond motifs is 2. The van der Waals surface area contributed by atoms with Crippen LogP contribution in [0.3, 0.4) is 0 Å². The van der Waals surface area contributed by atoms with Crippen molar-refractivity contribution in [3.05, 3.63) is 130 Å². The molecule has 0 bridgehead atoms. The molecule has 0 spiro atoms. The van der Waals surface area contributed by atoms with E-state index in [0.29, 0.717) is 5.65 Å². The second kappa shape index (κ2) is 14.1. The smallest absolute Gasteiger partial charge is 0.328 e. The number of imidazole rings is 2. The molecule has 12 nitrogen and oxygen atoms in total. The molecule has 0 saturated carbocycles. The molecule has 52 heavy (non-hydrogen) atoms. The molecule has 0 aliphatic heterocycles. The lowest BCUT2D eigenvalue weighted by Gasteiger charge is -2.18. The van der Waals surface area contributed by atoms with Crippen molar-refractivity contribution < 1.29 is 9.05 Å². The summed E-state index contributed by atoms with van der Waals surface area (Å²) in [6.45, 7) is 14.7. The Kier molecular flexibility index (Phi) is 9.29. The van der Waals surface area contributed by atoms with E-state index in [1.807, 2.05) is 83.3 Å². The lowest BCUT2D eigenvalue weighted by Crippen LogP contribution is -2.21. The lowest BCUT2D eigenvalue weighted by molar-refractivity contribution is 0.393. The molecule has 8 rings (SSSR count). The van der Waals surface area contributed by atoms with Crippen molar-refractivity contribution >= 4 is 28.3 Å². The highest BCUT2D eigenvalue weighted by molar-refractivity contribution is 5.82. The topological polar surface area (TPSA) is 145 Å². The Morgan fingerprint density at radius 2 is 1.25 bits per heavy atom. The van der Waals surface area contributed by atoms with Crippen LogP contribution in [0.4, 0.5) is 5.95 Å². The summed E-state index contributed by atoms with van der Waals surface area (Å²) in [5.41, 5.74) is 10.6. The zero-order valence-electron chi connectivity index (χ0n) is 30.3. The van der Waals surface area contributed by atoms with Crippen molar-refractivity contribution in [3.63, 3.8) is 0 Å². The van der Waals surface area contributed by atoms with Crippen molar-refractivity contribution in [1.29, 1.82) is 0 Å². The summed E-state index contributed by atoms with van der Waals surface area (Å²) in [5.74, 6) is 2.36. The number of anilines is 1. The molecule has 264 valence electrons. The van der Waals surface area contributed by atoms with E-state index in [9.17, 15) is 4.79 Å². The first-order chi connectivity index (χ1) is 25.2. The zero-order chi connectivity index (χ0) is 36.5. The first-order valence-electron chi connectivity index (χ1n) is 17.3. The van der Waals surface area contributed by atoms with Crippen LogP contribution >= 0.6 is 0 Å². The number of benzene rings is 2. The summed E-state index contributed by atoms with van der Waals surface area (Å²) in [6, 6.07) is 24.5. The number of hydrogen-bond acceptors (Lipinski definition) is 9. The van der Waals surface area contributed by atoms with Gasteiger partial charge in [0.1, 0.15) is 11.5 Å². The van der Waals surface area contributed by atoms with Gasteiger partial charge in [-0.2, -0.15) is 4.98 Å². The minimum Gasteiger partial charge on any atom is -0.361 e. The van der Waals surface area contributed by atoms with Gasteiger partial charge in [-0.15, -0.1) is 0 Å². The molecule has 2 unspecified atom stereocenters. The van der Waals surface area contributed by atoms with Crippen LogP contribution in [0.15, 0.2) is 99.0 Å². The maximum atomic E-state index is 12.5. The van der Waals surface area contributed by atoms with E-state index in [4.69, 9.17) is 14.0 Å². The summed E-state index contributed by atoms with van der Waals surface area (Å²) in [4.78, 5) is 29.1. The third kappa shape index (κ3) is 6.27. The van der Waals surface area contributed by atoms with E-state index in [1.165, 1.54) is 5.56 Å². The number of aromatic amines is 1. The maximum Gasteiger partial charge on any atom is 0.328 e. The molecule has 0 fully saturated rings. The molecule has 0 saturated heterocycles. The molecule has 2 aromatic carbocycles. The van der Waals surface area contributed by atoms with Gasteiger partial charge in [0.25, 0.3) is 0 Å². The Morgan fingerprint density at radius 3 is 1.77 bits per heavy atom. The average molecular weight is 696 g/mol. The van der Waals surface area contributed by atoms with Crippen LogP contribution in [0.5, 0.6) is 0 Å². The van der Waals surface area contributed by atoms with Crippen LogP contribution < -0.4 is 11.0 Å². The standard InChI is InChI=1S/C21H23N5O.C19H18N4O2/c1-5-22-21-24-20-18(26(21)14(3)16-9-7-6-8-10-16)11-17(12-23-20)19-13(2)25-27-15(19)4;1-11-17(13(3)25-22-11)15-9-16-18(20-10-15)21-19(24)23(16)12(2)14-7-5-4-6-8-14/h6-12,14H,5H2,1-4H3,(H,22,23,24);4-10,12H,1-3H3,(H,20,21,24). The molecule has 2 atom stereocenters. The number of rotatable bonds is 8. The van der Waals surface area contributed by atoms with Crippen LogP contribution in [-0.4, -0.2) is 45.9 Å². The Morgan fingerprint density at radius 1 is 0.731 bits per heavy atom. The number of H-pyrrole nitrogens is 1. The maximum absolute atomic E-state index is 12.5. The first kappa shape index (κ1) is 34.2. The molecule has 12 heteroatoms. The molecule has 0 aliphatic rings. The number of hydrogen-bond donors (Lipinski definition) is 2. The Balaban J connectivity index is 0.000000162. The second-order valence-corrected chi connectivity index (χ2v) is 12.9. The normalized spacial score (nSPS) is 12.5. The summed E-state index contributed by atoms with van der Waals surface area (Å²) in [7, 11) is 0. The Labute approximate surface area is 300 Å². The predicted octanol–water partition coefficient (Wildman–Crippen LogP) is 8.35. The number of nitrogens with zero attached hydrogens (tertiary/aromatic N) is 7. The summed E-state index contributed by atoms with van der Waals surface area (Å²) in [6.07, 6.45) is 3.58. The number of aromatic nitrogens is 8. The molecule has 0 aliphatic carbocycles. The van der Waals surface area contributed by atoms with Gasteiger partial charge in [-0.3, -0.25) is 9.55 Å². The van der Waals surface area contributed by atoms with Crippen LogP contribution in [-0.2, 0) is 0 Å². The highest BCUT2D eigenvalue weighted by Gasteiger charge is 2.21. The number of aryl methyl sites for hydroxylation is 4. The Hall–Kier alpha value is -6.30. The van der Waals surface area contributed by atoms with E-state index in [2.05, 4.69) is 79.3 Å². The summed E-state index contributed by atoms with van der Waals surface area (Å²) >= 11 is 0. The van der Waals surface area contributed by atoms with E-state index in [0.717, 1.165) is 79.9 Å². The van der Waals surface area contributed by atoms with Gasteiger partial charge in [0, 0.05) is 41.2 Å². The molecule has 0 amide bonds. The molecular weight excluding hydrogens is 654 g/mol. The Bertz CT molecular complexity index is 2500. The van der Waals surface area contributed by atoms with Crippen LogP contribution in [0.25, 0.3) is 44.6 Å². The van der Waals surface area contributed by atoms with Crippen molar-refractivity contribution in [2.75, 3.05) is 11.9 Å². The lowest BCUT2D eigenvalue weighted by atomic mass is 10.1. The monoisotopic (exact) mass is 695 g/mol. The van der Waals surface area contributed by atoms with E-state index in [-0.39, 0.29) is 17.8 Å². The molecule has 6 aromatic heterocycles. The van der Waals surface area contributed by atoms with Gasteiger partial charge < -0.3 is 18.9 Å². The van der Waals surface area contributed by atoms with Gasteiger partial charge in [0.2, 0.25) is 5.95 Å². The van der Waals surface area contributed by atoms with Crippen molar-refractivity contribution in [1.82, 2.24) is 39.4 Å². The number of pyridine rings is 2. The van der Waals surface area contributed by atoms with Gasteiger partial charge >= 0.3 is 5.69 Å². The SMILES string of the molecule is CCNc1nc2ncc(-c3c(C)noc3C)cc2n1C(C)c1ccccc1.Cc1noc(C)c1-c1cnc2[nH]c(=O)n(C(C)c3ccccc3)c2c1. The van der Waals surface area contributed by atoms with Crippen molar-refractivity contribution in [3.8, 4) is 22.3 Å². The first-order valence-corrected chi connectivity index (χ1v) is 17.3. The van der Waals surface area contributed by atoms with Crippen LogP contribution in [0, 0.1) is 27.7 Å². The fourth-order valence-electron chi connectivity index (χ4n) is 6.87. The molecular formula is C40H41N9O3. The van der Waals surface area contributed by atoms with Crippen molar-refractivity contribution in [2.45, 2.75) is 60.5 Å². The minimum absolute atomic E-state index is 0.107. The fraction of sp³-hybridized carbons (Fsp3) is 0.250. The molecule has 8 aromatic rings.